The first-order valence-electron chi connectivity index (χ1n) is 7.44. The summed E-state index contributed by atoms with van der Waals surface area (Å²) in [6.07, 6.45) is 4.98. The molecule has 1 atom stereocenters. The van der Waals surface area contributed by atoms with Gasteiger partial charge in [-0.05, 0) is 43.1 Å². The van der Waals surface area contributed by atoms with Crippen molar-refractivity contribution in [1.29, 1.82) is 0 Å². The number of aliphatic imine (C=N–C) groups is 2. The third-order valence-corrected chi connectivity index (χ3v) is 5.11. The minimum absolute atomic E-state index is 0.113. The Morgan fingerprint density at radius 2 is 2.14 bits per heavy atom. The smallest absolute Gasteiger partial charge is 0.306 e. The van der Waals surface area contributed by atoms with Gasteiger partial charge in [0.05, 0.1) is 18.1 Å². The van der Waals surface area contributed by atoms with E-state index in [0.29, 0.717) is 18.9 Å². The highest BCUT2D eigenvalue weighted by Crippen LogP contribution is 2.47. The molecule has 0 saturated carbocycles. The molecular formula is C15H18N2O3S. The van der Waals surface area contributed by atoms with E-state index in [1.165, 1.54) is 16.9 Å². The predicted octanol–water partition coefficient (Wildman–Crippen LogP) is 2.86. The van der Waals surface area contributed by atoms with Crippen LogP contribution in [0.1, 0.15) is 45.4 Å². The van der Waals surface area contributed by atoms with Gasteiger partial charge >= 0.3 is 5.97 Å². The minimum atomic E-state index is -0.272. The number of rotatable bonds is 4. The van der Waals surface area contributed by atoms with E-state index < -0.39 is 0 Å². The van der Waals surface area contributed by atoms with E-state index in [-0.39, 0.29) is 24.2 Å². The van der Waals surface area contributed by atoms with Gasteiger partial charge in [-0.25, -0.2) is 4.99 Å². The maximum atomic E-state index is 12.3. The molecule has 0 aromatic carbocycles. The largest absolute Gasteiger partial charge is 0.466 e. The summed E-state index contributed by atoms with van der Waals surface area (Å²) in [5.41, 5.74) is 1.24. The summed E-state index contributed by atoms with van der Waals surface area (Å²) in [6.45, 7) is 2.14. The molecule has 0 saturated heterocycles. The Morgan fingerprint density at radius 1 is 1.33 bits per heavy atom. The van der Waals surface area contributed by atoms with Crippen LogP contribution in [0.3, 0.4) is 0 Å². The van der Waals surface area contributed by atoms with Crippen LogP contribution in [0.15, 0.2) is 20.5 Å². The summed E-state index contributed by atoms with van der Waals surface area (Å²) in [7, 11) is 0. The molecule has 1 aliphatic carbocycles. The first-order valence-corrected chi connectivity index (χ1v) is 8.26. The second-order valence-electron chi connectivity index (χ2n) is 5.31. The van der Waals surface area contributed by atoms with Crippen molar-refractivity contribution >= 4 is 34.5 Å². The molecule has 0 aromatic rings. The highest BCUT2D eigenvalue weighted by atomic mass is 32.2. The molecule has 2 aliphatic heterocycles. The molecule has 0 radical (unpaired) electrons. The summed E-state index contributed by atoms with van der Waals surface area (Å²) >= 11 is 1.64. The highest BCUT2D eigenvalue weighted by Gasteiger charge is 2.40. The van der Waals surface area contributed by atoms with Crippen LogP contribution in [0.2, 0.25) is 0 Å². The number of fused-ring (bicyclic) bond motifs is 2. The molecular weight excluding hydrogens is 288 g/mol. The Bertz CT molecular complexity index is 577. The average molecular weight is 306 g/mol. The van der Waals surface area contributed by atoms with E-state index in [1.54, 1.807) is 18.7 Å². The Balaban J connectivity index is 1.69. The van der Waals surface area contributed by atoms with Crippen LogP contribution >= 0.6 is 11.8 Å². The summed E-state index contributed by atoms with van der Waals surface area (Å²) in [5.74, 6) is -0.145. The summed E-state index contributed by atoms with van der Waals surface area (Å²) < 4.78 is 4.88. The lowest BCUT2D eigenvalue weighted by atomic mass is 9.89. The van der Waals surface area contributed by atoms with Gasteiger partial charge in [0.25, 0.3) is 5.91 Å². The van der Waals surface area contributed by atoms with Gasteiger partial charge in [-0.15, -0.1) is 0 Å². The molecule has 112 valence electrons. The summed E-state index contributed by atoms with van der Waals surface area (Å²) in [5, 5.41) is 0.862. The molecule has 21 heavy (non-hydrogen) atoms. The second kappa shape index (κ2) is 6.13. The van der Waals surface area contributed by atoms with E-state index in [9.17, 15) is 9.59 Å². The number of hydrogen-bond donors (Lipinski definition) is 0. The van der Waals surface area contributed by atoms with Gasteiger partial charge in [0.1, 0.15) is 11.8 Å². The monoisotopic (exact) mass is 306 g/mol. The SMILES string of the molecule is CCOC(=O)CCC1=NC(=O)C2C(=N1)SC1=C2CCCC1. The zero-order chi connectivity index (χ0) is 14.8. The first kappa shape index (κ1) is 14.5. The molecule has 6 heteroatoms. The van der Waals surface area contributed by atoms with E-state index in [4.69, 9.17) is 4.74 Å². The molecule has 1 unspecified atom stereocenters. The van der Waals surface area contributed by atoms with Crippen molar-refractivity contribution in [3.8, 4) is 0 Å². The Morgan fingerprint density at radius 3 is 2.95 bits per heavy atom. The van der Waals surface area contributed by atoms with Gasteiger partial charge < -0.3 is 4.74 Å². The van der Waals surface area contributed by atoms with Crippen LogP contribution in [-0.2, 0) is 14.3 Å². The minimum Gasteiger partial charge on any atom is -0.466 e. The predicted molar refractivity (Wildman–Crippen MR) is 82.3 cm³/mol. The number of hydrogen-bond acceptors (Lipinski definition) is 5. The number of allylic oxidation sites excluding steroid dienone is 1. The van der Waals surface area contributed by atoms with E-state index in [2.05, 4.69) is 9.98 Å². The fraction of sp³-hybridized carbons (Fsp3) is 0.600. The third kappa shape index (κ3) is 2.95. The number of amidine groups is 1. The normalized spacial score (nSPS) is 24.2. The number of thioether (sulfide) groups is 1. The quantitative estimate of drug-likeness (QED) is 0.749. The standard InChI is InChI=1S/C15H18N2O3S/c1-2-20-12(18)8-7-11-16-14(19)13-9-5-3-4-6-10(9)21-15(13)17-11/h13H,2-8H2,1H3. The van der Waals surface area contributed by atoms with Gasteiger partial charge in [-0.2, -0.15) is 4.99 Å². The zero-order valence-corrected chi connectivity index (χ0v) is 12.9. The molecule has 5 nitrogen and oxygen atoms in total. The van der Waals surface area contributed by atoms with E-state index in [1.807, 2.05) is 0 Å². The van der Waals surface area contributed by atoms with Crippen molar-refractivity contribution in [2.45, 2.75) is 45.4 Å². The zero-order valence-electron chi connectivity index (χ0n) is 12.1. The second-order valence-corrected chi connectivity index (χ2v) is 6.43. The fourth-order valence-corrected chi connectivity index (χ4v) is 4.26. The van der Waals surface area contributed by atoms with Crippen LogP contribution in [0, 0.1) is 5.92 Å². The molecule has 0 spiro atoms. The molecule has 2 heterocycles. The third-order valence-electron chi connectivity index (χ3n) is 3.86. The van der Waals surface area contributed by atoms with E-state index >= 15 is 0 Å². The van der Waals surface area contributed by atoms with Gasteiger partial charge in [-0.1, -0.05) is 11.8 Å². The number of carbonyl (C=O) groups is 2. The molecule has 0 N–H and O–H groups in total. The maximum Gasteiger partial charge on any atom is 0.306 e. The lowest BCUT2D eigenvalue weighted by molar-refractivity contribution is -0.142. The van der Waals surface area contributed by atoms with Crippen LogP contribution in [0.4, 0.5) is 0 Å². The molecule has 0 aromatic heterocycles. The van der Waals surface area contributed by atoms with Crippen LogP contribution in [-0.4, -0.2) is 29.4 Å². The van der Waals surface area contributed by atoms with Crippen molar-refractivity contribution in [2.75, 3.05) is 6.61 Å². The molecule has 3 aliphatic rings. The molecule has 3 rings (SSSR count). The van der Waals surface area contributed by atoms with Gasteiger partial charge in [0, 0.05) is 6.42 Å². The van der Waals surface area contributed by atoms with Crippen molar-refractivity contribution < 1.29 is 14.3 Å². The number of carbonyl (C=O) groups excluding carboxylic acids is 2. The van der Waals surface area contributed by atoms with Crippen LogP contribution < -0.4 is 0 Å². The number of esters is 1. The van der Waals surface area contributed by atoms with Gasteiger partial charge in [-0.3, -0.25) is 9.59 Å². The van der Waals surface area contributed by atoms with Crippen molar-refractivity contribution in [3.63, 3.8) is 0 Å². The number of amides is 1. The Kier molecular flexibility index (Phi) is 4.24. The van der Waals surface area contributed by atoms with E-state index in [0.717, 1.165) is 24.3 Å². The maximum absolute atomic E-state index is 12.3. The average Bonchev–Trinajstić information content (AvgIpc) is 2.84. The number of ether oxygens (including phenoxy) is 1. The van der Waals surface area contributed by atoms with Gasteiger partial charge in [0.15, 0.2) is 0 Å². The van der Waals surface area contributed by atoms with Crippen molar-refractivity contribution in [2.24, 2.45) is 15.9 Å². The fourth-order valence-electron chi connectivity index (χ4n) is 2.90. The summed E-state index contributed by atoms with van der Waals surface area (Å²) in [4.78, 5) is 33.6. The molecule has 1 amide bonds. The highest BCUT2D eigenvalue weighted by molar-refractivity contribution is 8.17. The first-order chi connectivity index (χ1) is 10.2. The lowest BCUT2D eigenvalue weighted by Gasteiger charge is -2.18. The lowest BCUT2D eigenvalue weighted by Crippen LogP contribution is -2.26. The Labute approximate surface area is 127 Å². The van der Waals surface area contributed by atoms with Crippen molar-refractivity contribution in [3.05, 3.63) is 10.5 Å². The Hall–Kier alpha value is -1.43. The van der Waals surface area contributed by atoms with Crippen LogP contribution in [0.25, 0.3) is 0 Å². The molecule has 0 bridgehead atoms. The van der Waals surface area contributed by atoms with Gasteiger partial charge in [0.2, 0.25) is 0 Å². The van der Waals surface area contributed by atoms with Crippen molar-refractivity contribution in [1.82, 2.24) is 0 Å². The molecule has 0 fully saturated rings. The van der Waals surface area contributed by atoms with Crippen LogP contribution in [0.5, 0.6) is 0 Å². The topological polar surface area (TPSA) is 68.1 Å². The summed E-state index contributed by atoms with van der Waals surface area (Å²) in [6, 6.07) is 0. The number of nitrogens with zero attached hydrogens (tertiary/aromatic N) is 2.